The van der Waals surface area contributed by atoms with Crippen molar-refractivity contribution in [3.8, 4) is 0 Å². The Kier molecular flexibility index (Phi) is 2.43. The van der Waals surface area contributed by atoms with Crippen LogP contribution in [0.5, 0.6) is 0 Å². The largest absolute Gasteiger partial charge is 0.233 e. The third-order valence-electron chi connectivity index (χ3n) is 2.62. The van der Waals surface area contributed by atoms with E-state index in [0.717, 1.165) is 22.6 Å². The Balaban J connectivity index is 2.79. The number of hydrogen-bond donors (Lipinski definition) is 0. The highest BCUT2D eigenvalue weighted by Crippen LogP contribution is 2.21. The van der Waals surface area contributed by atoms with Gasteiger partial charge in [0.05, 0.1) is 5.69 Å². The van der Waals surface area contributed by atoms with Crippen LogP contribution in [0.1, 0.15) is 36.7 Å². The van der Waals surface area contributed by atoms with Crippen LogP contribution in [0.4, 0.5) is 0 Å². The molecule has 0 saturated carbocycles. The van der Waals surface area contributed by atoms with E-state index in [9.17, 15) is 0 Å². The molecule has 2 rings (SSSR count). The average Bonchev–Trinajstić information content (AvgIpc) is 2.45. The number of nitrogens with zero attached hydrogens (tertiary/aromatic N) is 3. The molecule has 0 spiro atoms. The molecule has 0 aliphatic carbocycles. The standard InChI is InChI=1S/C11H14ClN3/c1-6(2)9-5-10(12)15-11(13-9)7(3)8(4)14-15/h5-6H,1-4H3. The summed E-state index contributed by atoms with van der Waals surface area (Å²) in [5.74, 6) is 0.377. The first kappa shape index (κ1) is 10.4. The van der Waals surface area contributed by atoms with Gasteiger partial charge in [0.2, 0.25) is 0 Å². The van der Waals surface area contributed by atoms with E-state index in [4.69, 9.17) is 11.6 Å². The molecule has 0 saturated heterocycles. The molecule has 0 bridgehead atoms. The van der Waals surface area contributed by atoms with Gasteiger partial charge in [-0.1, -0.05) is 25.4 Å². The SMILES string of the molecule is Cc1nn2c(Cl)cc(C(C)C)nc2c1C. The molecule has 0 atom stereocenters. The lowest BCUT2D eigenvalue weighted by Crippen LogP contribution is -1.99. The molecule has 0 aliphatic rings. The van der Waals surface area contributed by atoms with E-state index < -0.39 is 0 Å². The molecule has 80 valence electrons. The monoisotopic (exact) mass is 223 g/mol. The lowest BCUT2D eigenvalue weighted by atomic mass is 10.1. The minimum absolute atomic E-state index is 0.377. The van der Waals surface area contributed by atoms with Crippen molar-refractivity contribution in [2.75, 3.05) is 0 Å². The molecule has 0 unspecified atom stereocenters. The topological polar surface area (TPSA) is 30.2 Å². The summed E-state index contributed by atoms with van der Waals surface area (Å²) in [5, 5.41) is 4.96. The number of halogens is 1. The van der Waals surface area contributed by atoms with Crippen molar-refractivity contribution in [2.45, 2.75) is 33.6 Å². The Morgan fingerprint density at radius 3 is 2.60 bits per heavy atom. The van der Waals surface area contributed by atoms with Gasteiger partial charge < -0.3 is 0 Å². The number of fused-ring (bicyclic) bond motifs is 1. The second-order valence-corrected chi connectivity index (χ2v) is 4.49. The summed E-state index contributed by atoms with van der Waals surface area (Å²) in [5.41, 5.74) is 3.95. The zero-order chi connectivity index (χ0) is 11.2. The zero-order valence-corrected chi connectivity index (χ0v) is 10.1. The third kappa shape index (κ3) is 1.61. The Morgan fingerprint density at radius 2 is 2.00 bits per heavy atom. The second-order valence-electron chi connectivity index (χ2n) is 4.10. The molecule has 2 aromatic heterocycles. The van der Waals surface area contributed by atoms with Crippen molar-refractivity contribution in [3.63, 3.8) is 0 Å². The summed E-state index contributed by atoms with van der Waals surface area (Å²) in [6.45, 7) is 8.20. The van der Waals surface area contributed by atoms with Crippen molar-refractivity contribution in [1.82, 2.24) is 14.6 Å². The Bertz CT molecular complexity index is 514. The van der Waals surface area contributed by atoms with Crippen molar-refractivity contribution >= 4 is 17.2 Å². The highest BCUT2D eigenvalue weighted by atomic mass is 35.5. The van der Waals surface area contributed by atoms with Crippen LogP contribution >= 0.6 is 11.6 Å². The van der Waals surface area contributed by atoms with Crippen LogP contribution < -0.4 is 0 Å². The normalized spacial score (nSPS) is 11.6. The van der Waals surface area contributed by atoms with E-state index in [1.165, 1.54) is 0 Å². The van der Waals surface area contributed by atoms with Gasteiger partial charge in [-0.15, -0.1) is 0 Å². The number of aromatic nitrogens is 3. The van der Waals surface area contributed by atoms with E-state index in [0.29, 0.717) is 11.1 Å². The Labute approximate surface area is 94.1 Å². The molecule has 4 heteroatoms. The highest BCUT2D eigenvalue weighted by molar-refractivity contribution is 6.29. The van der Waals surface area contributed by atoms with Crippen molar-refractivity contribution in [2.24, 2.45) is 0 Å². The van der Waals surface area contributed by atoms with Crippen molar-refractivity contribution in [1.29, 1.82) is 0 Å². The summed E-state index contributed by atoms with van der Waals surface area (Å²) in [6.07, 6.45) is 0. The maximum absolute atomic E-state index is 6.15. The minimum atomic E-state index is 0.377. The lowest BCUT2D eigenvalue weighted by Gasteiger charge is -2.06. The van der Waals surface area contributed by atoms with Gasteiger partial charge in [0.15, 0.2) is 5.65 Å². The number of aryl methyl sites for hydroxylation is 2. The summed E-state index contributed by atoms with van der Waals surface area (Å²) in [6, 6.07) is 1.88. The quantitative estimate of drug-likeness (QED) is 0.696. The highest BCUT2D eigenvalue weighted by Gasteiger charge is 2.12. The van der Waals surface area contributed by atoms with Crippen molar-refractivity contribution < 1.29 is 0 Å². The van der Waals surface area contributed by atoms with E-state index >= 15 is 0 Å². The van der Waals surface area contributed by atoms with Crippen LogP contribution in [-0.4, -0.2) is 14.6 Å². The first-order valence-corrected chi connectivity index (χ1v) is 5.41. The lowest BCUT2D eigenvalue weighted by molar-refractivity contribution is 0.807. The van der Waals surface area contributed by atoms with E-state index in [1.807, 2.05) is 19.9 Å². The van der Waals surface area contributed by atoms with E-state index in [1.54, 1.807) is 4.52 Å². The molecule has 0 aromatic carbocycles. The predicted molar refractivity (Wildman–Crippen MR) is 61.6 cm³/mol. The zero-order valence-electron chi connectivity index (χ0n) is 9.37. The van der Waals surface area contributed by atoms with Gasteiger partial charge in [0, 0.05) is 11.3 Å². The molecule has 2 heterocycles. The first-order chi connectivity index (χ1) is 7.00. The molecular weight excluding hydrogens is 210 g/mol. The first-order valence-electron chi connectivity index (χ1n) is 5.03. The summed E-state index contributed by atoms with van der Waals surface area (Å²) < 4.78 is 1.69. The van der Waals surface area contributed by atoms with Gasteiger partial charge in [0.25, 0.3) is 0 Å². The molecule has 0 radical (unpaired) electrons. The van der Waals surface area contributed by atoms with Gasteiger partial charge in [-0.3, -0.25) is 0 Å². The van der Waals surface area contributed by atoms with Crippen LogP contribution in [0.15, 0.2) is 6.07 Å². The van der Waals surface area contributed by atoms with Crippen LogP contribution in [0, 0.1) is 13.8 Å². The summed E-state index contributed by atoms with van der Waals surface area (Å²) in [4.78, 5) is 4.57. The summed E-state index contributed by atoms with van der Waals surface area (Å²) in [7, 11) is 0. The van der Waals surface area contributed by atoms with Crippen LogP contribution in [0.25, 0.3) is 5.65 Å². The van der Waals surface area contributed by atoms with Gasteiger partial charge in [-0.2, -0.15) is 5.10 Å². The van der Waals surface area contributed by atoms with Gasteiger partial charge in [-0.25, -0.2) is 9.50 Å². The Hall–Kier alpha value is -1.09. The fourth-order valence-corrected chi connectivity index (χ4v) is 1.74. The molecule has 0 amide bonds. The van der Waals surface area contributed by atoms with Gasteiger partial charge >= 0.3 is 0 Å². The molecular formula is C11H14ClN3. The number of hydrogen-bond acceptors (Lipinski definition) is 2. The molecule has 0 N–H and O–H groups in total. The molecule has 3 nitrogen and oxygen atoms in total. The van der Waals surface area contributed by atoms with E-state index in [-0.39, 0.29) is 0 Å². The van der Waals surface area contributed by atoms with E-state index in [2.05, 4.69) is 23.9 Å². The smallest absolute Gasteiger partial charge is 0.160 e. The molecule has 0 aliphatic heterocycles. The Morgan fingerprint density at radius 1 is 1.33 bits per heavy atom. The maximum atomic E-state index is 6.15. The van der Waals surface area contributed by atoms with Gasteiger partial charge in [0.1, 0.15) is 5.15 Å². The van der Waals surface area contributed by atoms with Gasteiger partial charge in [-0.05, 0) is 25.8 Å². The molecule has 15 heavy (non-hydrogen) atoms. The predicted octanol–water partition coefficient (Wildman–Crippen LogP) is 3.12. The number of rotatable bonds is 1. The minimum Gasteiger partial charge on any atom is -0.233 e. The molecule has 0 fully saturated rings. The fraction of sp³-hybridized carbons (Fsp3) is 0.455. The van der Waals surface area contributed by atoms with Crippen molar-refractivity contribution in [3.05, 3.63) is 28.2 Å². The molecule has 2 aromatic rings. The average molecular weight is 224 g/mol. The van der Waals surface area contributed by atoms with Crippen LogP contribution in [-0.2, 0) is 0 Å². The maximum Gasteiger partial charge on any atom is 0.160 e. The van der Waals surface area contributed by atoms with Crippen LogP contribution in [0.3, 0.4) is 0 Å². The summed E-state index contributed by atoms with van der Waals surface area (Å²) >= 11 is 6.15. The van der Waals surface area contributed by atoms with Crippen LogP contribution in [0.2, 0.25) is 5.15 Å². The third-order valence-corrected chi connectivity index (χ3v) is 2.89. The second kappa shape index (κ2) is 3.49. The fourth-order valence-electron chi connectivity index (χ4n) is 1.51.